The smallest absolute Gasteiger partial charge is 0.329 e. The number of para-hydroxylation sites is 1. The molecular formula is C54H75ClN6O11S. The number of terminal acetylenes is 1. The van der Waals surface area contributed by atoms with Gasteiger partial charge in [-0.1, -0.05) is 90.2 Å². The minimum atomic E-state index is -4.32. The lowest BCUT2D eigenvalue weighted by Crippen LogP contribution is -2.64. The van der Waals surface area contributed by atoms with Crippen molar-refractivity contribution in [3.8, 4) is 12.3 Å². The molecule has 4 aliphatic carbocycles. The Morgan fingerprint density at radius 3 is 2.37 bits per heavy atom. The van der Waals surface area contributed by atoms with Crippen LogP contribution in [0.1, 0.15) is 111 Å². The summed E-state index contributed by atoms with van der Waals surface area (Å²) in [5.41, 5.74) is 4.57. The standard InChI is InChI=1S/C54H75ClN6O11S/c1-8-32(5)47(60-49(67)42(25-33-29-57-40-15-11-10-14-37(33)40)58-48(66)41(16-12-13-23-56)61-73(70,71)36(9-2)28-55)50(68)59-43(24-31(3)4)51(69)72-54(45(65)30-62)22-20-39-38-18-17-34-26-35(63)19-21-52(34,6)46(38)44(64)27-53(39,54)7/h2,10-11,14-15,19,21,26,29,31-32,36,38-39,41-44,46-47,57,61-62,64H,8,12-13,16-18,20,22-25,27-28,30,56H2,1,3-7H3,(H,58,66)(H,59,68)(H,60,67)/t32-,36-,38+,39+,41-,42-,43-,44+,46-,47+,52+,53+,54+/m1/s1. The average molecular weight is 1050 g/mol. The zero-order valence-corrected chi connectivity index (χ0v) is 44.5. The third-order valence-electron chi connectivity index (χ3n) is 16.6. The van der Waals surface area contributed by atoms with Crippen molar-refractivity contribution in [2.24, 2.45) is 46.2 Å². The Kier molecular flexibility index (Phi) is 18.7. The molecule has 13 atom stereocenters. The fourth-order valence-electron chi connectivity index (χ4n) is 12.5. The molecule has 3 amide bonds. The minimum absolute atomic E-state index is 0.0137. The van der Waals surface area contributed by atoms with Crippen molar-refractivity contribution in [3.63, 3.8) is 0 Å². The van der Waals surface area contributed by atoms with Crippen LogP contribution in [0, 0.1) is 52.8 Å². The number of allylic oxidation sites excluding steroid dienone is 4. The predicted octanol–water partition coefficient (Wildman–Crippen LogP) is 4.04. The second kappa shape index (κ2) is 23.8. The highest BCUT2D eigenvalue weighted by Gasteiger charge is 2.70. The molecular weight excluding hydrogens is 976 g/mol. The average Bonchev–Trinajstić information content (AvgIpc) is 3.89. The summed E-state index contributed by atoms with van der Waals surface area (Å²) in [4.78, 5) is 88.2. The van der Waals surface area contributed by atoms with Gasteiger partial charge in [0.05, 0.1) is 12.0 Å². The Balaban J connectivity index is 1.27. The quantitative estimate of drug-likeness (QED) is 0.0320. The highest BCUT2D eigenvalue weighted by molar-refractivity contribution is 7.90. The number of esters is 1. The van der Waals surface area contributed by atoms with E-state index in [1.807, 2.05) is 65.0 Å². The maximum absolute atomic E-state index is 14.8. The monoisotopic (exact) mass is 1050 g/mol. The molecule has 3 fully saturated rings. The number of sulfonamides is 1. The fourth-order valence-corrected chi connectivity index (χ4v) is 14.2. The van der Waals surface area contributed by atoms with Crippen LogP contribution in [0.4, 0.5) is 0 Å². The molecule has 2 aromatic rings. The van der Waals surface area contributed by atoms with Gasteiger partial charge in [0.25, 0.3) is 0 Å². The molecule has 4 aliphatic rings. The Morgan fingerprint density at radius 2 is 1.71 bits per heavy atom. The van der Waals surface area contributed by atoms with Crippen molar-refractivity contribution in [1.29, 1.82) is 0 Å². The van der Waals surface area contributed by atoms with Gasteiger partial charge in [0.1, 0.15) is 36.0 Å². The van der Waals surface area contributed by atoms with E-state index < -0.39 is 110 Å². The number of hydrogen-bond donors (Lipinski definition) is 8. The molecule has 400 valence electrons. The number of nitrogens with two attached hydrogens (primary N) is 1. The highest BCUT2D eigenvalue weighted by atomic mass is 35.5. The zero-order valence-electron chi connectivity index (χ0n) is 42.9. The third-order valence-corrected chi connectivity index (χ3v) is 18.7. The van der Waals surface area contributed by atoms with Crippen LogP contribution in [0.2, 0.25) is 0 Å². The lowest BCUT2D eigenvalue weighted by molar-refractivity contribution is -0.201. The molecule has 0 unspecified atom stereocenters. The lowest BCUT2D eigenvalue weighted by atomic mass is 9.46. The van der Waals surface area contributed by atoms with Crippen LogP contribution in [0.25, 0.3) is 10.9 Å². The van der Waals surface area contributed by atoms with Gasteiger partial charge < -0.3 is 41.6 Å². The zero-order chi connectivity index (χ0) is 53.6. The number of benzene rings is 1. The Labute approximate surface area is 434 Å². The molecule has 73 heavy (non-hydrogen) atoms. The molecule has 9 N–H and O–H groups in total. The predicted molar refractivity (Wildman–Crippen MR) is 278 cm³/mol. The van der Waals surface area contributed by atoms with Gasteiger partial charge in [-0.25, -0.2) is 17.9 Å². The van der Waals surface area contributed by atoms with E-state index in [2.05, 4.69) is 31.6 Å². The summed E-state index contributed by atoms with van der Waals surface area (Å²) in [6, 6.07) is 2.01. The second-order valence-electron chi connectivity index (χ2n) is 21.6. The van der Waals surface area contributed by atoms with Crippen LogP contribution < -0.4 is 26.4 Å². The molecule has 6 rings (SSSR count). The van der Waals surface area contributed by atoms with Crippen LogP contribution >= 0.6 is 11.6 Å². The summed E-state index contributed by atoms with van der Waals surface area (Å²) in [6.07, 6.45) is 14.5. The molecule has 1 aromatic heterocycles. The number of halogens is 1. The number of aromatic nitrogens is 1. The molecule has 0 saturated heterocycles. The van der Waals surface area contributed by atoms with E-state index >= 15 is 0 Å². The van der Waals surface area contributed by atoms with Crippen LogP contribution in [0.5, 0.6) is 0 Å². The number of rotatable bonds is 24. The Morgan fingerprint density at radius 1 is 1.01 bits per heavy atom. The molecule has 0 radical (unpaired) electrons. The molecule has 19 heteroatoms. The Hall–Kier alpha value is -4.90. The van der Waals surface area contributed by atoms with Gasteiger partial charge >= 0.3 is 5.97 Å². The SMILES string of the molecule is C#C[C@H](CCl)S(=O)(=O)N[C@H](CCCCN)C(=O)N[C@H](Cc1c[nH]c2ccccc12)C(=O)N[C@H](C(=O)N[C@H](CC(C)C)C(=O)O[C@]1(C(=O)CO)CC[C@H]2[C@@H]3CCC4=CC(=O)C=C[C@]4(C)[C@H]3[C@@H](O)C[C@@]21C)[C@H](C)CC. The number of Topliss-reactive ketones (excluding diaryl/α,β-unsaturated/α-hetero) is 1. The number of amides is 3. The van der Waals surface area contributed by atoms with E-state index in [0.29, 0.717) is 44.1 Å². The van der Waals surface area contributed by atoms with E-state index in [9.17, 15) is 47.4 Å². The van der Waals surface area contributed by atoms with Crippen molar-refractivity contribution < 1.29 is 52.1 Å². The maximum atomic E-state index is 14.8. The molecule has 0 spiro atoms. The summed E-state index contributed by atoms with van der Waals surface area (Å²) >= 11 is 5.89. The van der Waals surface area contributed by atoms with Crippen molar-refractivity contribution in [2.45, 2.75) is 153 Å². The van der Waals surface area contributed by atoms with Crippen molar-refractivity contribution in [3.05, 3.63) is 59.8 Å². The van der Waals surface area contributed by atoms with Gasteiger partial charge in [0.15, 0.2) is 11.4 Å². The van der Waals surface area contributed by atoms with Gasteiger partial charge in [-0.3, -0.25) is 24.0 Å². The van der Waals surface area contributed by atoms with Crippen molar-refractivity contribution >= 4 is 67.8 Å². The largest absolute Gasteiger partial charge is 0.449 e. The van der Waals surface area contributed by atoms with Crippen LogP contribution in [-0.2, 0) is 49.9 Å². The first kappa shape index (κ1) is 57.4. The van der Waals surface area contributed by atoms with Gasteiger partial charge in [0.2, 0.25) is 33.5 Å². The molecule has 0 aliphatic heterocycles. The number of nitrogens with one attached hydrogen (secondary N) is 5. The number of ketones is 2. The van der Waals surface area contributed by atoms with Crippen LogP contribution in [0.3, 0.4) is 0 Å². The van der Waals surface area contributed by atoms with Gasteiger partial charge in [-0.2, -0.15) is 0 Å². The number of aromatic amines is 1. The van der Waals surface area contributed by atoms with Gasteiger partial charge in [-0.15, -0.1) is 18.0 Å². The number of hydrogen-bond acceptors (Lipinski definition) is 12. The maximum Gasteiger partial charge on any atom is 0.329 e. The lowest BCUT2D eigenvalue weighted by Gasteiger charge is -2.59. The van der Waals surface area contributed by atoms with Gasteiger partial charge in [0, 0.05) is 40.3 Å². The summed E-state index contributed by atoms with van der Waals surface area (Å²) in [7, 11) is -4.32. The number of unbranched alkanes of at least 4 members (excludes halogenated alkanes) is 1. The molecule has 1 heterocycles. The normalized spacial score (nSPS) is 28.0. The summed E-state index contributed by atoms with van der Waals surface area (Å²) in [6.45, 7) is 10.5. The summed E-state index contributed by atoms with van der Waals surface area (Å²) in [5, 5.41) is 30.4. The molecule has 0 bridgehead atoms. The van der Waals surface area contributed by atoms with E-state index in [4.69, 9.17) is 28.5 Å². The van der Waals surface area contributed by atoms with E-state index in [0.717, 1.165) is 16.5 Å². The number of carbonyl (C=O) groups excluding carboxylic acids is 6. The van der Waals surface area contributed by atoms with E-state index in [-0.39, 0.29) is 68.1 Å². The number of alkyl halides is 1. The van der Waals surface area contributed by atoms with E-state index in [1.54, 1.807) is 25.3 Å². The first-order chi connectivity index (χ1) is 34.5. The van der Waals surface area contributed by atoms with Crippen LogP contribution in [-0.4, -0.2) is 119 Å². The van der Waals surface area contributed by atoms with Gasteiger partial charge in [-0.05, 0) is 105 Å². The minimum Gasteiger partial charge on any atom is -0.449 e. The van der Waals surface area contributed by atoms with E-state index in [1.165, 1.54) is 0 Å². The number of fused-ring (bicyclic) bond motifs is 6. The van der Waals surface area contributed by atoms with Crippen molar-refractivity contribution in [2.75, 3.05) is 19.0 Å². The molecule has 3 saturated carbocycles. The second-order valence-corrected chi connectivity index (χ2v) is 23.8. The number of aliphatic hydroxyl groups excluding tert-OH is 2. The number of aliphatic hydroxyl groups is 2. The van der Waals surface area contributed by atoms with Crippen LogP contribution in [0.15, 0.2) is 54.3 Å². The number of ether oxygens (including phenoxy) is 1. The molecule has 17 nitrogen and oxygen atoms in total. The third kappa shape index (κ3) is 11.8. The summed E-state index contributed by atoms with van der Waals surface area (Å²) in [5.74, 6) is -3.60. The molecule has 1 aromatic carbocycles. The Bertz CT molecular complexity index is 2610. The first-order valence-electron chi connectivity index (χ1n) is 25.7. The number of H-pyrrole nitrogens is 1. The number of carbonyl (C=O) groups is 6. The topological polar surface area (TPSA) is 276 Å². The summed E-state index contributed by atoms with van der Waals surface area (Å²) < 4.78 is 35.5. The fraction of sp³-hybridized carbons (Fsp3) is 0.630. The first-order valence-corrected chi connectivity index (χ1v) is 27.8. The highest BCUT2D eigenvalue weighted by Crippen LogP contribution is 2.68. The van der Waals surface area contributed by atoms with Crippen molar-refractivity contribution in [1.82, 2.24) is 25.7 Å².